The van der Waals surface area contributed by atoms with Gasteiger partial charge in [-0.3, -0.25) is 4.90 Å². The van der Waals surface area contributed by atoms with E-state index in [1.807, 2.05) is 0 Å². The Morgan fingerprint density at radius 3 is 2.21 bits per heavy atom. The van der Waals surface area contributed by atoms with Crippen LogP contribution in [0.15, 0.2) is 0 Å². The lowest BCUT2D eigenvalue weighted by Gasteiger charge is -2.65. The minimum atomic E-state index is 0.632. The summed E-state index contributed by atoms with van der Waals surface area (Å²) in [6.07, 6.45) is 8.90. The lowest BCUT2D eigenvalue weighted by atomic mass is 9.59. The van der Waals surface area contributed by atoms with Crippen molar-refractivity contribution in [2.75, 3.05) is 19.6 Å². The average molecular weight is 192 g/mol. The van der Waals surface area contributed by atoms with Crippen LogP contribution in [0.2, 0.25) is 0 Å². The normalized spacial score (nSPS) is 49.3. The van der Waals surface area contributed by atoms with Crippen molar-refractivity contribution in [3.8, 4) is 0 Å². The maximum absolute atomic E-state index is 3.61. The Bertz CT molecular complexity index is 221. The second kappa shape index (κ2) is 2.35. The van der Waals surface area contributed by atoms with Gasteiger partial charge in [-0.05, 0) is 44.1 Å². The van der Waals surface area contributed by atoms with Crippen LogP contribution < -0.4 is 5.32 Å². The maximum atomic E-state index is 3.61. The van der Waals surface area contributed by atoms with Gasteiger partial charge in [-0.1, -0.05) is 6.42 Å². The highest BCUT2D eigenvalue weighted by molar-refractivity contribution is 5.13. The highest BCUT2D eigenvalue weighted by atomic mass is 15.3. The molecule has 2 nitrogen and oxygen atoms in total. The van der Waals surface area contributed by atoms with E-state index in [1.165, 1.54) is 58.2 Å². The van der Waals surface area contributed by atoms with Gasteiger partial charge >= 0.3 is 0 Å². The van der Waals surface area contributed by atoms with Crippen molar-refractivity contribution in [2.24, 2.45) is 5.41 Å². The Morgan fingerprint density at radius 1 is 1.07 bits per heavy atom. The fourth-order valence-electron chi connectivity index (χ4n) is 3.99. The summed E-state index contributed by atoms with van der Waals surface area (Å²) in [5.41, 5.74) is 1.46. The summed E-state index contributed by atoms with van der Waals surface area (Å²) in [7, 11) is 0. The van der Waals surface area contributed by atoms with Crippen LogP contribution in [0.1, 0.15) is 38.5 Å². The third kappa shape index (κ3) is 0.892. The molecule has 0 bridgehead atoms. The van der Waals surface area contributed by atoms with Crippen LogP contribution in [0.4, 0.5) is 0 Å². The van der Waals surface area contributed by atoms with E-state index in [-0.39, 0.29) is 0 Å². The highest BCUT2D eigenvalue weighted by Gasteiger charge is 2.56. The van der Waals surface area contributed by atoms with Crippen molar-refractivity contribution in [3.05, 3.63) is 0 Å². The summed E-state index contributed by atoms with van der Waals surface area (Å²) in [5.74, 6) is 0. The molecule has 0 radical (unpaired) electrons. The first kappa shape index (κ1) is 8.12. The molecule has 4 aliphatic rings. The zero-order valence-electron chi connectivity index (χ0n) is 8.89. The molecule has 0 amide bonds. The molecular weight excluding hydrogens is 172 g/mol. The molecule has 2 aliphatic heterocycles. The van der Waals surface area contributed by atoms with Crippen molar-refractivity contribution in [1.29, 1.82) is 0 Å². The van der Waals surface area contributed by atoms with Crippen LogP contribution in [0.25, 0.3) is 0 Å². The van der Waals surface area contributed by atoms with Gasteiger partial charge in [-0.15, -0.1) is 0 Å². The van der Waals surface area contributed by atoms with Gasteiger partial charge in [0.05, 0.1) is 0 Å². The van der Waals surface area contributed by atoms with E-state index in [9.17, 15) is 0 Å². The van der Waals surface area contributed by atoms with Gasteiger partial charge in [-0.2, -0.15) is 0 Å². The summed E-state index contributed by atoms with van der Waals surface area (Å²) in [6.45, 7) is 4.15. The van der Waals surface area contributed by atoms with Crippen LogP contribution in [0, 0.1) is 5.41 Å². The molecular formula is C12H20N2. The number of likely N-dealkylation sites (tertiary alicyclic amines) is 1. The Balaban J connectivity index is 1.32. The highest BCUT2D eigenvalue weighted by Crippen LogP contribution is 2.52. The van der Waals surface area contributed by atoms with Gasteiger partial charge in [-0.25, -0.2) is 0 Å². The lowest BCUT2D eigenvalue weighted by molar-refractivity contribution is -0.126. The van der Waals surface area contributed by atoms with Crippen LogP contribution in [0.3, 0.4) is 0 Å². The van der Waals surface area contributed by atoms with E-state index in [4.69, 9.17) is 0 Å². The molecule has 1 N–H and O–H groups in total. The Kier molecular flexibility index (Phi) is 1.37. The van der Waals surface area contributed by atoms with Crippen molar-refractivity contribution in [2.45, 2.75) is 50.1 Å². The monoisotopic (exact) mass is 192 g/mol. The average Bonchev–Trinajstić information content (AvgIpc) is 1.81. The van der Waals surface area contributed by atoms with E-state index in [2.05, 4.69) is 10.2 Å². The van der Waals surface area contributed by atoms with E-state index in [0.717, 1.165) is 11.5 Å². The smallest absolute Gasteiger partial charge is 0.0223 e. The van der Waals surface area contributed by atoms with Gasteiger partial charge in [0, 0.05) is 24.7 Å². The fraction of sp³-hybridized carbons (Fsp3) is 1.00. The quantitative estimate of drug-likeness (QED) is 0.675. The summed E-state index contributed by atoms with van der Waals surface area (Å²) in [6, 6.07) is 0.953. The first-order valence-electron chi connectivity index (χ1n) is 6.29. The topological polar surface area (TPSA) is 15.3 Å². The minimum absolute atomic E-state index is 0.632. The molecule has 2 saturated heterocycles. The molecule has 2 heterocycles. The van der Waals surface area contributed by atoms with E-state index < -0.39 is 0 Å². The zero-order chi connectivity index (χ0) is 9.23. The van der Waals surface area contributed by atoms with E-state index >= 15 is 0 Å². The third-order valence-corrected chi connectivity index (χ3v) is 5.36. The van der Waals surface area contributed by atoms with Gasteiger partial charge in [0.1, 0.15) is 0 Å². The van der Waals surface area contributed by atoms with Crippen LogP contribution in [0.5, 0.6) is 0 Å². The predicted molar refractivity (Wildman–Crippen MR) is 56.2 cm³/mol. The predicted octanol–water partition coefficient (Wildman–Crippen LogP) is 1.37. The molecule has 0 atom stereocenters. The summed E-state index contributed by atoms with van der Waals surface area (Å²) in [5, 5.41) is 3.61. The van der Waals surface area contributed by atoms with E-state index in [0.29, 0.717) is 5.54 Å². The van der Waals surface area contributed by atoms with Gasteiger partial charge < -0.3 is 5.32 Å². The van der Waals surface area contributed by atoms with Gasteiger partial charge in [0.25, 0.3) is 0 Å². The first-order valence-corrected chi connectivity index (χ1v) is 6.29. The minimum Gasteiger partial charge on any atom is -0.311 e. The number of nitrogens with zero attached hydrogens (tertiary/aromatic N) is 1. The fourth-order valence-corrected chi connectivity index (χ4v) is 3.99. The largest absolute Gasteiger partial charge is 0.311 e. The molecule has 2 saturated carbocycles. The van der Waals surface area contributed by atoms with Crippen molar-refractivity contribution in [1.82, 2.24) is 10.2 Å². The van der Waals surface area contributed by atoms with Crippen molar-refractivity contribution >= 4 is 0 Å². The number of rotatable bonds is 1. The second-order valence-corrected chi connectivity index (χ2v) is 6.28. The van der Waals surface area contributed by atoms with Crippen molar-refractivity contribution in [3.63, 3.8) is 0 Å². The Morgan fingerprint density at radius 2 is 1.79 bits per heavy atom. The molecule has 4 fully saturated rings. The number of nitrogens with one attached hydrogen (secondary N) is 1. The molecule has 0 aromatic carbocycles. The lowest BCUT2D eigenvalue weighted by Crippen LogP contribution is -2.73. The molecule has 0 aromatic heterocycles. The third-order valence-electron chi connectivity index (χ3n) is 5.36. The zero-order valence-corrected chi connectivity index (χ0v) is 8.89. The molecule has 4 rings (SSSR count). The van der Waals surface area contributed by atoms with Gasteiger partial charge in [0.15, 0.2) is 0 Å². The maximum Gasteiger partial charge on any atom is 0.0223 e. The summed E-state index contributed by atoms with van der Waals surface area (Å²) < 4.78 is 0. The standard InChI is InChI=1S/C12H20N2/c1-2-11(3-1)8-14(9-11)10-6-12(7-10)4-5-13-12/h10,13H,1-9H2. The molecule has 78 valence electrons. The molecule has 2 heteroatoms. The molecule has 2 aliphatic carbocycles. The Labute approximate surface area is 86.0 Å². The molecule has 2 spiro atoms. The molecule has 14 heavy (non-hydrogen) atoms. The van der Waals surface area contributed by atoms with Crippen molar-refractivity contribution < 1.29 is 0 Å². The summed E-state index contributed by atoms with van der Waals surface area (Å²) in [4.78, 5) is 2.75. The molecule has 0 unspecified atom stereocenters. The number of hydrogen-bond acceptors (Lipinski definition) is 2. The van der Waals surface area contributed by atoms with Crippen LogP contribution >= 0.6 is 0 Å². The van der Waals surface area contributed by atoms with E-state index in [1.54, 1.807) is 0 Å². The van der Waals surface area contributed by atoms with Crippen LogP contribution in [-0.4, -0.2) is 36.1 Å². The Hall–Kier alpha value is -0.0800. The first-order chi connectivity index (χ1) is 6.79. The number of hydrogen-bond donors (Lipinski definition) is 1. The van der Waals surface area contributed by atoms with Crippen LogP contribution in [-0.2, 0) is 0 Å². The second-order valence-electron chi connectivity index (χ2n) is 6.28. The molecule has 0 aromatic rings. The van der Waals surface area contributed by atoms with Gasteiger partial charge in [0.2, 0.25) is 0 Å². The summed E-state index contributed by atoms with van der Waals surface area (Å²) >= 11 is 0. The SMILES string of the molecule is C1CC2(C1)CN(C1CC3(CCN3)C1)C2.